The number of ether oxygens (including phenoxy) is 3. The number of methoxy groups -OCH3 is 2. The number of carboxylic acid groups (broad SMARTS) is 1. The molecule has 0 radical (unpaired) electrons. The van der Waals surface area contributed by atoms with Crippen molar-refractivity contribution >= 4 is 34.8 Å². The molecule has 0 bridgehead atoms. The number of aromatic carboxylic acids is 1. The summed E-state index contributed by atoms with van der Waals surface area (Å²) in [5.41, 5.74) is -1.29. The number of carbonyl (C=O) groups is 3. The average Bonchev–Trinajstić information content (AvgIpc) is 3.09. The first-order chi connectivity index (χ1) is 15.6. The standard InChI is InChI=1S/C23H20ClNO8/c1-10-6-12(25-13-7-11(22(29)30)4-5-14(13)26)8-17(27)23(10)21(28)18-15(31-2)9-16(32-3)19(24)20(18)33-23/h4-5,7-10,25-26H,6H2,1-3H3,(H,29,30). The Kier molecular flexibility index (Phi) is 5.45. The lowest BCUT2D eigenvalue weighted by Crippen LogP contribution is -2.55. The Hall–Kier alpha value is -3.72. The SMILES string of the molecule is COc1cc(OC)c2c(c1Cl)OC1(C(=O)C=C(Nc3cc(C(=O)O)ccc3O)CC1C)C2=O. The number of halogens is 1. The third kappa shape index (κ3) is 3.36. The van der Waals surface area contributed by atoms with Gasteiger partial charge in [-0.25, -0.2) is 4.79 Å². The predicted molar refractivity (Wildman–Crippen MR) is 118 cm³/mol. The first-order valence-electron chi connectivity index (χ1n) is 9.90. The molecule has 0 fully saturated rings. The Morgan fingerprint density at radius 3 is 2.52 bits per heavy atom. The maximum absolute atomic E-state index is 13.5. The van der Waals surface area contributed by atoms with Gasteiger partial charge in [-0.15, -0.1) is 0 Å². The van der Waals surface area contributed by atoms with Gasteiger partial charge in [0.15, 0.2) is 5.75 Å². The van der Waals surface area contributed by atoms with Crippen LogP contribution in [0.5, 0.6) is 23.0 Å². The van der Waals surface area contributed by atoms with Gasteiger partial charge in [-0.05, 0) is 24.6 Å². The van der Waals surface area contributed by atoms with E-state index in [2.05, 4.69) is 5.32 Å². The highest BCUT2D eigenvalue weighted by molar-refractivity contribution is 6.36. The lowest BCUT2D eigenvalue weighted by Gasteiger charge is -2.35. The molecule has 0 amide bonds. The normalized spacial score (nSPS) is 21.3. The molecule has 2 aromatic carbocycles. The van der Waals surface area contributed by atoms with Crippen molar-refractivity contribution in [3.05, 3.63) is 52.2 Å². The van der Waals surface area contributed by atoms with Crippen LogP contribution in [0.3, 0.4) is 0 Å². The van der Waals surface area contributed by atoms with Crippen LogP contribution in [0, 0.1) is 5.92 Å². The van der Waals surface area contributed by atoms with Crippen LogP contribution in [-0.2, 0) is 4.79 Å². The van der Waals surface area contributed by atoms with Crippen molar-refractivity contribution in [1.29, 1.82) is 0 Å². The zero-order valence-electron chi connectivity index (χ0n) is 17.9. The Morgan fingerprint density at radius 1 is 1.21 bits per heavy atom. The number of carbonyl (C=O) groups excluding carboxylic acids is 2. The summed E-state index contributed by atoms with van der Waals surface area (Å²) in [5.74, 6) is -2.73. The third-order valence-corrected chi connectivity index (χ3v) is 6.21. The van der Waals surface area contributed by atoms with E-state index in [1.54, 1.807) is 6.92 Å². The lowest BCUT2D eigenvalue weighted by molar-refractivity contribution is -0.129. The molecule has 0 saturated heterocycles. The van der Waals surface area contributed by atoms with Crippen LogP contribution in [0.25, 0.3) is 0 Å². The van der Waals surface area contributed by atoms with E-state index in [4.69, 9.17) is 25.8 Å². The molecule has 33 heavy (non-hydrogen) atoms. The number of nitrogens with one attached hydrogen (secondary N) is 1. The minimum atomic E-state index is -1.83. The van der Waals surface area contributed by atoms with Crippen molar-refractivity contribution in [2.75, 3.05) is 19.5 Å². The molecule has 0 saturated carbocycles. The number of carboxylic acids is 1. The van der Waals surface area contributed by atoms with Crippen molar-refractivity contribution in [2.45, 2.75) is 18.9 Å². The van der Waals surface area contributed by atoms with Crippen LogP contribution in [0.15, 0.2) is 36.0 Å². The van der Waals surface area contributed by atoms with Crippen LogP contribution in [0.1, 0.15) is 34.1 Å². The molecule has 10 heteroatoms. The number of phenolic OH excluding ortho intramolecular Hbond substituents is 1. The lowest BCUT2D eigenvalue weighted by atomic mass is 9.74. The second-order valence-corrected chi connectivity index (χ2v) is 8.15. The number of anilines is 1. The number of fused-ring (bicyclic) bond motifs is 1. The fourth-order valence-electron chi connectivity index (χ4n) is 4.16. The second-order valence-electron chi connectivity index (χ2n) is 7.77. The highest BCUT2D eigenvalue weighted by Crippen LogP contribution is 2.53. The van der Waals surface area contributed by atoms with Gasteiger partial charge in [0.1, 0.15) is 27.8 Å². The molecule has 1 aliphatic carbocycles. The van der Waals surface area contributed by atoms with E-state index in [0.717, 1.165) is 0 Å². The summed E-state index contributed by atoms with van der Waals surface area (Å²) < 4.78 is 16.5. The number of ketones is 2. The van der Waals surface area contributed by atoms with Crippen LogP contribution in [0.2, 0.25) is 5.02 Å². The number of Topliss-reactive ketones (excluding diaryl/α,β-unsaturated/α-hetero) is 1. The Labute approximate surface area is 193 Å². The van der Waals surface area contributed by atoms with E-state index in [0.29, 0.717) is 5.70 Å². The first-order valence-corrected chi connectivity index (χ1v) is 10.3. The number of hydrogen-bond donors (Lipinski definition) is 3. The van der Waals surface area contributed by atoms with Crippen LogP contribution in [0.4, 0.5) is 5.69 Å². The van der Waals surface area contributed by atoms with Gasteiger partial charge in [-0.3, -0.25) is 9.59 Å². The monoisotopic (exact) mass is 473 g/mol. The topological polar surface area (TPSA) is 131 Å². The van der Waals surface area contributed by atoms with Crippen molar-refractivity contribution < 1.29 is 38.8 Å². The molecule has 2 unspecified atom stereocenters. The molecule has 172 valence electrons. The molecule has 1 spiro atoms. The van der Waals surface area contributed by atoms with Crippen molar-refractivity contribution in [2.24, 2.45) is 5.92 Å². The summed E-state index contributed by atoms with van der Waals surface area (Å²) in [5, 5.41) is 22.2. The Bertz CT molecular complexity index is 1240. The minimum Gasteiger partial charge on any atom is -0.506 e. The molecule has 2 aromatic rings. The van der Waals surface area contributed by atoms with E-state index < -0.39 is 29.1 Å². The van der Waals surface area contributed by atoms with Gasteiger partial charge >= 0.3 is 5.97 Å². The average molecular weight is 474 g/mol. The van der Waals surface area contributed by atoms with Crippen LogP contribution >= 0.6 is 11.6 Å². The van der Waals surface area contributed by atoms with Crippen molar-refractivity contribution in [3.8, 4) is 23.0 Å². The number of rotatable bonds is 5. The Morgan fingerprint density at radius 2 is 1.91 bits per heavy atom. The third-order valence-electron chi connectivity index (χ3n) is 5.85. The molecule has 3 N–H and O–H groups in total. The molecule has 2 aliphatic rings. The molecule has 9 nitrogen and oxygen atoms in total. The summed E-state index contributed by atoms with van der Waals surface area (Å²) in [6, 6.07) is 5.21. The smallest absolute Gasteiger partial charge is 0.335 e. The van der Waals surface area contributed by atoms with Crippen molar-refractivity contribution in [1.82, 2.24) is 0 Å². The van der Waals surface area contributed by atoms with E-state index in [1.165, 1.54) is 44.6 Å². The maximum Gasteiger partial charge on any atom is 0.335 e. The quantitative estimate of drug-likeness (QED) is 0.439. The number of aromatic hydroxyl groups is 1. The van der Waals surface area contributed by atoms with Gasteiger partial charge in [0.05, 0.1) is 25.5 Å². The van der Waals surface area contributed by atoms with Gasteiger partial charge in [0.2, 0.25) is 17.2 Å². The highest BCUT2D eigenvalue weighted by atomic mass is 35.5. The zero-order chi connectivity index (χ0) is 24.1. The van der Waals surface area contributed by atoms with Gasteiger partial charge in [-0.2, -0.15) is 0 Å². The van der Waals surface area contributed by atoms with E-state index in [1.807, 2.05) is 0 Å². The number of hydrogen-bond acceptors (Lipinski definition) is 8. The summed E-state index contributed by atoms with van der Waals surface area (Å²) in [7, 11) is 2.79. The highest BCUT2D eigenvalue weighted by Gasteiger charge is 2.60. The van der Waals surface area contributed by atoms with E-state index in [9.17, 15) is 24.6 Å². The summed E-state index contributed by atoms with van der Waals surface area (Å²) in [4.78, 5) is 38.0. The van der Waals surface area contributed by atoms with Gasteiger partial charge < -0.3 is 29.7 Å². The molecule has 1 heterocycles. The fraction of sp³-hybridized carbons (Fsp3) is 0.261. The molecular weight excluding hydrogens is 454 g/mol. The first kappa shape index (κ1) is 22.5. The molecule has 0 aromatic heterocycles. The second kappa shape index (κ2) is 8.00. The minimum absolute atomic E-state index is 0.0229. The predicted octanol–water partition coefficient (Wildman–Crippen LogP) is 3.68. The van der Waals surface area contributed by atoms with E-state index >= 15 is 0 Å². The largest absolute Gasteiger partial charge is 0.506 e. The van der Waals surface area contributed by atoms with E-state index in [-0.39, 0.29) is 51.3 Å². The molecule has 2 atom stereocenters. The number of benzene rings is 2. The maximum atomic E-state index is 13.5. The van der Waals surface area contributed by atoms with Gasteiger partial charge in [-0.1, -0.05) is 18.5 Å². The Balaban J connectivity index is 1.72. The van der Waals surface area contributed by atoms with Gasteiger partial charge in [0.25, 0.3) is 0 Å². The number of phenols is 1. The van der Waals surface area contributed by atoms with Crippen LogP contribution in [-0.4, -0.2) is 47.6 Å². The summed E-state index contributed by atoms with van der Waals surface area (Å²) in [6.45, 7) is 1.68. The fourth-order valence-corrected chi connectivity index (χ4v) is 4.42. The molecular formula is C23H20ClNO8. The van der Waals surface area contributed by atoms with Crippen molar-refractivity contribution in [3.63, 3.8) is 0 Å². The zero-order valence-corrected chi connectivity index (χ0v) is 18.6. The summed E-state index contributed by atoms with van der Waals surface area (Å²) >= 11 is 6.37. The number of allylic oxidation sites excluding steroid dienone is 1. The molecule has 4 rings (SSSR count). The molecule has 1 aliphatic heterocycles. The summed E-state index contributed by atoms with van der Waals surface area (Å²) in [6.07, 6.45) is 1.41. The van der Waals surface area contributed by atoms with Gasteiger partial charge in [0, 0.05) is 23.8 Å². The van der Waals surface area contributed by atoms with Crippen LogP contribution < -0.4 is 19.5 Å².